The number of hydrogen-bond donors (Lipinski definition) is 1. The number of ether oxygens (including phenoxy) is 1. The Morgan fingerprint density at radius 1 is 0.975 bits per heavy atom. The molecule has 1 aliphatic rings. The number of hydrogen-bond acceptors (Lipinski definition) is 8. The zero-order valence-electron chi connectivity index (χ0n) is 23.3. The summed E-state index contributed by atoms with van der Waals surface area (Å²) in [6.45, 7) is 9.66. The number of carbonyl (C=O) groups is 1. The van der Waals surface area contributed by atoms with Gasteiger partial charge in [0.05, 0.1) is 46.2 Å². The molecular weight excluding hydrogens is 526 g/mol. The van der Waals surface area contributed by atoms with Crippen LogP contribution in [0.25, 0.3) is 22.3 Å². The molecule has 0 bridgehead atoms. The summed E-state index contributed by atoms with van der Waals surface area (Å²) in [5.41, 5.74) is 4.88. The zero-order chi connectivity index (χ0) is 28.6. The van der Waals surface area contributed by atoms with Gasteiger partial charge in [0, 0.05) is 36.5 Å². The highest BCUT2D eigenvalue weighted by Gasteiger charge is 2.24. The monoisotopic (exact) mass is 559 g/mol. The number of sulfone groups is 1. The minimum Gasteiger partial charge on any atom is -0.372 e. The Balaban J connectivity index is 1.36. The average molecular weight is 560 g/mol. The number of benzene rings is 1. The van der Waals surface area contributed by atoms with Gasteiger partial charge in [0.1, 0.15) is 5.82 Å². The third-order valence-electron chi connectivity index (χ3n) is 6.96. The van der Waals surface area contributed by atoms with Crippen LogP contribution in [0.3, 0.4) is 0 Å². The van der Waals surface area contributed by atoms with Crippen molar-refractivity contribution in [1.29, 1.82) is 0 Å². The van der Waals surface area contributed by atoms with Crippen molar-refractivity contribution in [3.63, 3.8) is 0 Å². The number of nitrogens with zero attached hydrogens (tertiary/aromatic N) is 4. The Morgan fingerprint density at radius 2 is 1.65 bits per heavy atom. The number of fused-ring (bicyclic) bond motifs is 1. The second kappa shape index (κ2) is 10.9. The fraction of sp³-hybridized carbons (Fsp3) is 0.333. The second-order valence-corrected chi connectivity index (χ2v) is 12.5. The van der Waals surface area contributed by atoms with Crippen molar-refractivity contribution in [1.82, 2.24) is 20.3 Å². The van der Waals surface area contributed by atoms with Crippen molar-refractivity contribution in [2.24, 2.45) is 0 Å². The van der Waals surface area contributed by atoms with E-state index in [4.69, 9.17) is 14.7 Å². The Morgan fingerprint density at radius 3 is 2.38 bits per heavy atom. The molecule has 208 valence electrons. The highest BCUT2D eigenvalue weighted by molar-refractivity contribution is 7.90. The fourth-order valence-corrected chi connectivity index (χ4v) is 6.04. The van der Waals surface area contributed by atoms with Gasteiger partial charge in [-0.05, 0) is 75.2 Å². The zero-order valence-corrected chi connectivity index (χ0v) is 24.1. The highest BCUT2D eigenvalue weighted by atomic mass is 32.2. The van der Waals surface area contributed by atoms with E-state index in [9.17, 15) is 13.2 Å². The normalized spacial score (nSPS) is 17.7. The van der Waals surface area contributed by atoms with E-state index in [-0.39, 0.29) is 35.1 Å². The summed E-state index contributed by atoms with van der Waals surface area (Å²) in [6.07, 6.45) is 3.12. The van der Waals surface area contributed by atoms with Gasteiger partial charge < -0.3 is 15.0 Å². The van der Waals surface area contributed by atoms with Gasteiger partial charge in [-0.1, -0.05) is 12.1 Å². The van der Waals surface area contributed by atoms with Crippen LogP contribution in [0.15, 0.2) is 59.6 Å². The first-order valence-electron chi connectivity index (χ1n) is 13.2. The molecule has 1 fully saturated rings. The number of morpholine rings is 1. The van der Waals surface area contributed by atoms with E-state index in [2.05, 4.69) is 42.0 Å². The SMILES string of the molecule is Cc1ccc(C(=O)NCc2cc3nc(-c4ccc(C)c(N5C[C@@H](C)O[C@@H](C)C5)n4)ccc3cn2)cc1S(C)(=O)=O. The molecule has 0 saturated carbocycles. The molecule has 0 aliphatic carbocycles. The van der Waals surface area contributed by atoms with Gasteiger partial charge in [-0.25, -0.2) is 18.4 Å². The smallest absolute Gasteiger partial charge is 0.251 e. The molecule has 10 heteroatoms. The van der Waals surface area contributed by atoms with E-state index in [1.165, 1.54) is 6.07 Å². The van der Waals surface area contributed by atoms with Crippen molar-refractivity contribution in [2.75, 3.05) is 24.2 Å². The fourth-order valence-electron chi connectivity index (χ4n) is 5.04. The molecule has 1 aliphatic heterocycles. The Labute approximate surface area is 234 Å². The third-order valence-corrected chi connectivity index (χ3v) is 8.20. The lowest BCUT2D eigenvalue weighted by atomic mass is 10.1. The molecule has 2 atom stereocenters. The van der Waals surface area contributed by atoms with Crippen LogP contribution >= 0.6 is 0 Å². The number of carbonyl (C=O) groups excluding carboxylic acids is 1. The third kappa shape index (κ3) is 5.97. The molecule has 0 spiro atoms. The summed E-state index contributed by atoms with van der Waals surface area (Å²) >= 11 is 0. The summed E-state index contributed by atoms with van der Waals surface area (Å²) in [5.74, 6) is 0.561. The number of aryl methyl sites for hydroxylation is 2. The van der Waals surface area contributed by atoms with E-state index in [0.717, 1.165) is 53.0 Å². The van der Waals surface area contributed by atoms with Crippen LogP contribution in [0.1, 0.15) is 41.0 Å². The van der Waals surface area contributed by atoms with Crippen molar-refractivity contribution < 1.29 is 17.9 Å². The van der Waals surface area contributed by atoms with Gasteiger partial charge in [-0.2, -0.15) is 0 Å². The average Bonchev–Trinajstić information content (AvgIpc) is 2.90. The molecule has 4 aromatic rings. The maximum atomic E-state index is 12.8. The van der Waals surface area contributed by atoms with Crippen molar-refractivity contribution in [3.8, 4) is 11.4 Å². The standard InChI is InChI=1S/C30H33N5O4S/c1-18-6-8-22(12-28(18)40(5,37)38)30(36)32-15-24-13-27-23(14-31-24)9-11-25(33-27)26-10-7-19(2)29(34-26)35-16-20(3)39-21(4)17-35/h6-14,20-21H,15-17H2,1-5H3,(H,32,36)/t20-,21+. The molecule has 0 unspecified atom stereocenters. The van der Waals surface area contributed by atoms with Gasteiger partial charge in [0.2, 0.25) is 0 Å². The van der Waals surface area contributed by atoms with Gasteiger partial charge in [0.15, 0.2) is 9.84 Å². The summed E-state index contributed by atoms with van der Waals surface area (Å²) in [7, 11) is -3.44. The molecule has 0 radical (unpaired) electrons. The Bertz CT molecular complexity index is 1700. The number of nitrogens with one attached hydrogen (secondary N) is 1. The summed E-state index contributed by atoms with van der Waals surface area (Å²) < 4.78 is 30.0. The number of pyridine rings is 3. The molecule has 1 amide bonds. The van der Waals surface area contributed by atoms with Crippen molar-refractivity contribution >= 4 is 32.5 Å². The maximum absolute atomic E-state index is 12.8. The topological polar surface area (TPSA) is 114 Å². The van der Waals surface area contributed by atoms with Crippen LogP contribution in [0, 0.1) is 13.8 Å². The lowest BCUT2D eigenvalue weighted by molar-refractivity contribution is -0.00548. The number of aromatic nitrogens is 3. The van der Waals surface area contributed by atoms with Gasteiger partial charge in [-0.15, -0.1) is 0 Å². The molecule has 5 rings (SSSR count). The molecule has 4 heterocycles. The summed E-state index contributed by atoms with van der Waals surface area (Å²) in [4.78, 5) is 29.5. The van der Waals surface area contributed by atoms with Crippen LogP contribution in [-0.2, 0) is 21.1 Å². The molecular formula is C30H33N5O4S. The molecule has 40 heavy (non-hydrogen) atoms. The molecule has 3 aromatic heterocycles. The first-order chi connectivity index (χ1) is 19.0. The lowest BCUT2D eigenvalue weighted by Gasteiger charge is -2.36. The number of rotatable bonds is 6. The quantitative estimate of drug-likeness (QED) is 0.373. The predicted octanol–water partition coefficient (Wildman–Crippen LogP) is 4.26. The number of amides is 1. The van der Waals surface area contributed by atoms with Crippen LogP contribution in [0.4, 0.5) is 5.82 Å². The van der Waals surface area contributed by atoms with E-state index < -0.39 is 9.84 Å². The highest BCUT2D eigenvalue weighted by Crippen LogP contribution is 2.27. The maximum Gasteiger partial charge on any atom is 0.251 e. The van der Waals surface area contributed by atoms with E-state index in [1.54, 1.807) is 25.3 Å². The van der Waals surface area contributed by atoms with E-state index >= 15 is 0 Å². The molecule has 1 aromatic carbocycles. The Hall–Kier alpha value is -3.89. The van der Waals surface area contributed by atoms with E-state index in [1.807, 2.05) is 24.3 Å². The van der Waals surface area contributed by atoms with Crippen LogP contribution in [0.2, 0.25) is 0 Å². The largest absolute Gasteiger partial charge is 0.372 e. The van der Waals surface area contributed by atoms with Crippen molar-refractivity contribution in [2.45, 2.75) is 51.3 Å². The summed E-state index contributed by atoms with van der Waals surface area (Å²) in [5, 5.41) is 3.70. The van der Waals surface area contributed by atoms with Gasteiger partial charge in [0.25, 0.3) is 5.91 Å². The minimum atomic E-state index is -3.44. The first kappa shape index (κ1) is 27.7. The second-order valence-electron chi connectivity index (χ2n) is 10.5. The van der Waals surface area contributed by atoms with Crippen LogP contribution in [-0.4, -0.2) is 60.8 Å². The summed E-state index contributed by atoms with van der Waals surface area (Å²) in [6, 6.07) is 14.5. The predicted molar refractivity (Wildman–Crippen MR) is 155 cm³/mol. The molecule has 1 N–H and O–H groups in total. The van der Waals surface area contributed by atoms with Gasteiger partial charge >= 0.3 is 0 Å². The first-order valence-corrected chi connectivity index (χ1v) is 15.1. The minimum absolute atomic E-state index is 0.131. The van der Waals surface area contributed by atoms with Gasteiger partial charge in [-0.3, -0.25) is 9.78 Å². The van der Waals surface area contributed by atoms with Crippen molar-refractivity contribution in [3.05, 3.63) is 77.1 Å². The van der Waals surface area contributed by atoms with Crippen LogP contribution in [0.5, 0.6) is 0 Å². The molecule has 9 nitrogen and oxygen atoms in total. The van der Waals surface area contributed by atoms with Crippen LogP contribution < -0.4 is 10.2 Å². The number of anilines is 1. The lowest BCUT2D eigenvalue weighted by Crippen LogP contribution is -2.46. The van der Waals surface area contributed by atoms with E-state index in [0.29, 0.717) is 11.3 Å². The molecule has 1 saturated heterocycles. The Kier molecular flexibility index (Phi) is 7.57.